The van der Waals surface area contributed by atoms with Crippen molar-refractivity contribution in [3.8, 4) is 11.6 Å². The lowest BCUT2D eigenvalue weighted by Crippen LogP contribution is -1.95. The summed E-state index contributed by atoms with van der Waals surface area (Å²) >= 11 is 0. The van der Waals surface area contributed by atoms with Gasteiger partial charge in [0, 0.05) is 11.8 Å². The maximum Gasteiger partial charge on any atom is 0.219 e. The molecule has 0 amide bonds. The quantitative estimate of drug-likeness (QED) is 0.866. The molecule has 0 radical (unpaired) electrons. The summed E-state index contributed by atoms with van der Waals surface area (Å²) in [6.45, 7) is 1.77. The van der Waals surface area contributed by atoms with E-state index in [9.17, 15) is 0 Å². The third-order valence-electron chi connectivity index (χ3n) is 2.64. The Labute approximate surface area is 106 Å². The van der Waals surface area contributed by atoms with E-state index in [1.165, 1.54) is 0 Å². The number of aliphatic hydroxyl groups excluding tert-OH is 2. The third-order valence-corrected chi connectivity index (χ3v) is 2.64. The van der Waals surface area contributed by atoms with Gasteiger partial charge in [-0.3, -0.25) is 0 Å². The number of hydrogen-bond acceptors (Lipinski definition) is 4. The second kappa shape index (κ2) is 5.62. The van der Waals surface area contributed by atoms with Crippen LogP contribution in [0.3, 0.4) is 0 Å². The van der Waals surface area contributed by atoms with E-state index in [-0.39, 0.29) is 13.2 Å². The summed E-state index contributed by atoms with van der Waals surface area (Å²) in [5, 5.41) is 18.1. The molecule has 2 N–H and O–H groups in total. The maximum absolute atomic E-state index is 9.06. The van der Waals surface area contributed by atoms with Crippen LogP contribution in [0.25, 0.3) is 0 Å². The minimum absolute atomic E-state index is 0.0207. The molecule has 0 bridgehead atoms. The van der Waals surface area contributed by atoms with Crippen molar-refractivity contribution in [2.24, 2.45) is 0 Å². The van der Waals surface area contributed by atoms with Gasteiger partial charge in [-0.2, -0.15) is 0 Å². The van der Waals surface area contributed by atoms with Gasteiger partial charge in [-0.05, 0) is 36.2 Å². The highest BCUT2D eigenvalue weighted by atomic mass is 16.5. The first-order chi connectivity index (χ1) is 8.72. The number of aromatic nitrogens is 1. The van der Waals surface area contributed by atoms with E-state index in [2.05, 4.69) is 4.98 Å². The van der Waals surface area contributed by atoms with E-state index in [0.717, 1.165) is 16.8 Å². The number of rotatable bonds is 4. The smallest absolute Gasteiger partial charge is 0.219 e. The first-order valence-corrected chi connectivity index (χ1v) is 5.68. The monoisotopic (exact) mass is 245 g/mol. The van der Waals surface area contributed by atoms with E-state index in [1.54, 1.807) is 24.3 Å². The second-order valence-electron chi connectivity index (χ2n) is 3.96. The number of ether oxygens (including phenoxy) is 1. The van der Waals surface area contributed by atoms with Crippen LogP contribution in [0.2, 0.25) is 0 Å². The molecule has 18 heavy (non-hydrogen) atoms. The number of benzene rings is 1. The lowest BCUT2D eigenvalue weighted by Gasteiger charge is -2.08. The first-order valence-electron chi connectivity index (χ1n) is 5.68. The molecular weight excluding hydrogens is 230 g/mol. The van der Waals surface area contributed by atoms with Crippen molar-refractivity contribution in [2.45, 2.75) is 20.1 Å². The molecule has 2 rings (SSSR count). The van der Waals surface area contributed by atoms with E-state index in [1.807, 2.05) is 19.1 Å². The first kappa shape index (κ1) is 12.5. The van der Waals surface area contributed by atoms with Crippen molar-refractivity contribution in [1.29, 1.82) is 0 Å². The van der Waals surface area contributed by atoms with E-state index in [4.69, 9.17) is 14.9 Å². The number of pyridine rings is 1. The number of aryl methyl sites for hydroxylation is 1. The van der Waals surface area contributed by atoms with Gasteiger partial charge in [0.1, 0.15) is 5.75 Å². The highest BCUT2D eigenvalue weighted by Gasteiger charge is 2.03. The Bertz CT molecular complexity index is 540. The molecule has 1 heterocycles. The molecule has 1 aromatic carbocycles. The van der Waals surface area contributed by atoms with Crippen molar-refractivity contribution < 1.29 is 14.9 Å². The molecular formula is C14H15NO3. The molecule has 0 unspecified atom stereocenters. The average molecular weight is 245 g/mol. The SMILES string of the molecule is Cc1nc(Oc2cccc(CO)c2)ccc1CO. The Balaban J connectivity index is 2.20. The van der Waals surface area contributed by atoms with Crippen LogP contribution in [0.4, 0.5) is 0 Å². The van der Waals surface area contributed by atoms with Crippen molar-refractivity contribution in [2.75, 3.05) is 0 Å². The standard InChI is InChI=1S/C14H15NO3/c1-10-12(9-17)5-6-14(15-10)18-13-4-2-3-11(7-13)8-16/h2-7,16-17H,8-9H2,1H3. The molecule has 0 aliphatic heterocycles. The fourth-order valence-electron chi connectivity index (χ4n) is 1.62. The van der Waals surface area contributed by atoms with Crippen LogP contribution in [0, 0.1) is 6.92 Å². The molecule has 0 aliphatic rings. The molecule has 94 valence electrons. The lowest BCUT2D eigenvalue weighted by atomic mass is 10.2. The summed E-state index contributed by atoms with van der Waals surface area (Å²) < 4.78 is 5.60. The van der Waals surface area contributed by atoms with Crippen LogP contribution < -0.4 is 4.74 Å². The Kier molecular flexibility index (Phi) is 3.92. The minimum atomic E-state index is -0.0287. The van der Waals surface area contributed by atoms with Gasteiger partial charge in [-0.25, -0.2) is 4.98 Å². The average Bonchev–Trinajstić information content (AvgIpc) is 2.39. The summed E-state index contributed by atoms with van der Waals surface area (Å²) in [6.07, 6.45) is 0. The normalized spacial score (nSPS) is 10.4. The Morgan fingerprint density at radius 3 is 2.61 bits per heavy atom. The highest BCUT2D eigenvalue weighted by Crippen LogP contribution is 2.21. The van der Waals surface area contributed by atoms with E-state index in [0.29, 0.717) is 11.6 Å². The van der Waals surface area contributed by atoms with Gasteiger partial charge in [-0.15, -0.1) is 0 Å². The molecule has 1 aromatic heterocycles. The molecule has 0 aliphatic carbocycles. The molecule has 0 fully saturated rings. The number of nitrogens with zero attached hydrogens (tertiary/aromatic N) is 1. The maximum atomic E-state index is 9.06. The largest absolute Gasteiger partial charge is 0.439 e. The fourth-order valence-corrected chi connectivity index (χ4v) is 1.62. The van der Waals surface area contributed by atoms with E-state index < -0.39 is 0 Å². The van der Waals surface area contributed by atoms with Crippen LogP contribution in [-0.2, 0) is 13.2 Å². The predicted octanol–water partition coefficient (Wildman–Crippen LogP) is 2.17. The van der Waals surface area contributed by atoms with Crippen molar-refractivity contribution in [3.63, 3.8) is 0 Å². The van der Waals surface area contributed by atoms with E-state index >= 15 is 0 Å². The third kappa shape index (κ3) is 2.85. The number of aliphatic hydroxyl groups is 2. The number of hydrogen-bond donors (Lipinski definition) is 2. The summed E-state index contributed by atoms with van der Waals surface area (Å²) in [5.74, 6) is 1.10. The lowest BCUT2D eigenvalue weighted by molar-refractivity contribution is 0.279. The van der Waals surface area contributed by atoms with Crippen LogP contribution in [0.5, 0.6) is 11.6 Å². The van der Waals surface area contributed by atoms with Crippen molar-refractivity contribution in [1.82, 2.24) is 4.98 Å². The van der Waals surface area contributed by atoms with Gasteiger partial charge in [0.05, 0.1) is 13.2 Å². The summed E-state index contributed by atoms with van der Waals surface area (Å²) in [4.78, 5) is 4.25. The zero-order valence-electron chi connectivity index (χ0n) is 10.1. The predicted molar refractivity (Wildman–Crippen MR) is 67.3 cm³/mol. The van der Waals surface area contributed by atoms with Crippen molar-refractivity contribution >= 4 is 0 Å². The second-order valence-corrected chi connectivity index (χ2v) is 3.96. The summed E-state index contributed by atoms with van der Waals surface area (Å²) in [7, 11) is 0. The fraction of sp³-hybridized carbons (Fsp3) is 0.214. The molecule has 4 heteroatoms. The summed E-state index contributed by atoms with van der Waals surface area (Å²) in [5.41, 5.74) is 2.32. The Morgan fingerprint density at radius 1 is 1.11 bits per heavy atom. The molecule has 4 nitrogen and oxygen atoms in total. The van der Waals surface area contributed by atoms with Gasteiger partial charge in [0.2, 0.25) is 5.88 Å². The Hall–Kier alpha value is -1.91. The van der Waals surface area contributed by atoms with Gasteiger partial charge in [0.25, 0.3) is 0 Å². The Morgan fingerprint density at radius 2 is 1.94 bits per heavy atom. The highest BCUT2D eigenvalue weighted by molar-refractivity contribution is 5.32. The minimum Gasteiger partial charge on any atom is -0.439 e. The van der Waals surface area contributed by atoms with Crippen LogP contribution in [0.15, 0.2) is 36.4 Å². The molecule has 0 atom stereocenters. The molecule has 0 saturated heterocycles. The van der Waals surface area contributed by atoms with Crippen LogP contribution >= 0.6 is 0 Å². The molecule has 0 spiro atoms. The zero-order valence-corrected chi connectivity index (χ0v) is 10.1. The van der Waals surface area contributed by atoms with Gasteiger partial charge < -0.3 is 14.9 Å². The molecule has 2 aromatic rings. The molecule has 0 saturated carbocycles. The van der Waals surface area contributed by atoms with Gasteiger partial charge in [0.15, 0.2) is 0 Å². The summed E-state index contributed by atoms with van der Waals surface area (Å²) in [6, 6.07) is 10.7. The van der Waals surface area contributed by atoms with Gasteiger partial charge >= 0.3 is 0 Å². The van der Waals surface area contributed by atoms with Gasteiger partial charge in [-0.1, -0.05) is 12.1 Å². The zero-order chi connectivity index (χ0) is 13.0. The van der Waals surface area contributed by atoms with Crippen LogP contribution in [0.1, 0.15) is 16.8 Å². The van der Waals surface area contributed by atoms with Crippen molar-refractivity contribution in [3.05, 3.63) is 53.2 Å². The topological polar surface area (TPSA) is 62.6 Å². The van der Waals surface area contributed by atoms with Crippen LogP contribution in [-0.4, -0.2) is 15.2 Å².